The van der Waals surface area contributed by atoms with Gasteiger partial charge in [-0.1, -0.05) is 39.0 Å². The van der Waals surface area contributed by atoms with E-state index in [4.69, 9.17) is 0 Å². The molecule has 2 aliphatic rings. The summed E-state index contributed by atoms with van der Waals surface area (Å²) in [5, 5.41) is 0. The number of aldehydes is 1. The van der Waals surface area contributed by atoms with Crippen LogP contribution < -0.4 is 0 Å². The molecule has 0 aromatic heterocycles. The van der Waals surface area contributed by atoms with Gasteiger partial charge in [0.15, 0.2) is 0 Å². The molecular weight excluding hydrogens is 208 g/mol. The van der Waals surface area contributed by atoms with Gasteiger partial charge in [-0.15, -0.1) is 0 Å². The molecule has 1 nitrogen and oxygen atoms in total. The molecule has 0 saturated heterocycles. The fraction of sp³-hybridized carbons (Fsp3) is 0.938. The molecule has 1 heteroatoms. The lowest BCUT2D eigenvalue weighted by Gasteiger charge is -2.30. The van der Waals surface area contributed by atoms with E-state index in [9.17, 15) is 4.79 Å². The zero-order chi connectivity index (χ0) is 12.1. The minimum atomic E-state index is 0.390. The van der Waals surface area contributed by atoms with E-state index in [1.54, 1.807) is 0 Å². The van der Waals surface area contributed by atoms with Gasteiger partial charge < -0.3 is 4.79 Å². The van der Waals surface area contributed by atoms with Crippen LogP contribution in [0.15, 0.2) is 0 Å². The summed E-state index contributed by atoms with van der Waals surface area (Å²) < 4.78 is 0. The third-order valence-electron chi connectivity index (χ3n) is 5.11. The maximum absolute atomic E-state index is 10.7. The van der Waals surface area contributed by atoms with Crippen molar-refractivity contribution in [2.45, 2.75) is 71.1 Å². The van der Waals surface area contributed by atoms with Crippen LogP contribution in [-0.2, 0) is 4.79 Å². The fourth-order valence-electron chi connectivity index (χ4n) is 3.91. The molecule has 98 valence electrons. The minimum absolute atomic E-state index is 0.390. The van der Waals surface area contributed by atoms with E-state index in [1.807, 2.05) is 0 Å². The van der Waals surface area contributed by atoms with Crippen molar-refractivity contribution >= 4 is 6.29 Å². The molecule has 0 heterocycles. The summed E-state index contributed by atoms with van der Waals surface area (Å²) in [4.78, 5) is 10.7. The first-order chi connectivity index (χ1) is 8.28. The van der Waals surface area contributed by atoms with Gasteiger partial charge >= 0.3 is 0 Å². The molecular formula is C16H28O. The summed E-state index contributed by atoms with van der Waals surface area (Å²) in [5.74, 6) is 3.31. The number of carbonyl (C=O) groups excluding carboxylic acids is 1. The standard InChI is InChI=1S/C16H28O/c1-13-3-2-4-15(11-13)8-5-14-6-9-16(12-17)10-7-14/h12-16H,2-11H2,1H3. The Balaban J connectivity index is 1.63. The molecule has 0 aromatic carbocycles. The molecule has 17 heavy (non-hydrogen) atoms. The van der Waals surface area contributed by atoms with Crippen molar-refractivity contribution in [1.82, 2.24) is 0 Å². The van der Waals surface area contributed by atoms with Gasteiger partial charge in [0.25, 0.3) is 0 Å². The lowest BCUT2D eigenvalue weighted by atomic mass is 9.76. The molecule has 0 spiro atoms. The van der Waals surface area contributed by atoms with E-state index in [0.29, 0.717) is 5.92 Å². The van der Waals surface area contributed by atoms with Gasteiger partial charge in [0.2, 0.25) is 0 Å². The Kier molecular flexibility index (Phi) is 5.06. The molecule has 0 bridgehead atoms. The summed E-state index contributed by atoms with van der Waals surface area (Å²) in [5.41, 5.74) is 0. The minimum Gasteiger partial charge on any atom is -0.303 e. The largest absolute Gasteiger partial charge is 0.303 e. The Morgan fingerprint density at radius 1 is 0.941 bits per heavy atom. The second kappa shape index (κ2) is 6.56. The van der Waals surface area contributed by atoms with Crippen LogP contribution in [0.4, 0.5) is 0 Å². The number of hydrogen-bond donors (Lipinski definition) is 0. The molecule has 0 radical (unpaired) electrons. The first-order valence-corrected chi connectivity index (χ1v) is 7.73. The Morgan fingerprint density at radius 3 is 2.29 bits per heavy atom. The highest BCUT2D eigenvalue weighted by molar-refractivity contribution is 5.53. The van der Waals surface area contributed by atoms with Crippen molar-refractivity contribution in [2.24, 2.45) is 23.7 Å². The SMILES string of the molecule is CC1CCCC(CCC2CCC(C=O)CC2)C1. The van der Waals surface area contributed by atoms with Crippen LogP contribution in [-0.4, -0.2) is 6.29 Å². The van der Waals surface area contributed by atoms with Crippen molar-refractivity contribution in [2.75, 3.05) is 0 Å². The summed E-state index contributed by atoms with van der Waals surface area (Å²) in [7, 11) is 0. The number of rotatable bonds is 4. The molecule has 2 rings (SSSR count). The van der Waals surface area contributed by atoms with Crippen molar-refractivity contribution in [1.29, 1.82) is 0 Å². The smallest absolute Gasteiger partial charge is 0.123 e. The van der Waals surface area contributed by atoms with E-state index in [0.717, 1.165) is 30.6 Å². The summed E-state index contributed by atoms with van der Waals surface area (Å²) in [6, 6.07) is 0. The third-order valence-corrected chi connectivity index (χ3v) is 5.11. The van der Waals surface area contributed by atoms with Gasteiger partial charge in [0, 0.05) is 5.92 Å². The summed E-state index contributed by atoms with van der Waals surface area (Å²) in [6.45, 7) is 2.42. The van der Waals surface area contributed by atoms with Crippen LogP contribution in [0.1, 0.15) is 71.1 Å². The van der Waals surface area contributed by atoms with Gasteiger partial charge in [-0.3, -0.25) is 0 Å². The predicted molar refractivity (Wildman–Crippen MR) is 71.9 cm³/mol. The highest BCUT2D eigenvalue weighted by atomic mass is 16.1. The van der Waals surface area contributed by atoms with Crippen LogP contribution >= 0.6 is 0 Å². The zero-order valence-electron chi connectivity index (χ0n) is 11.4. The first-order valence-electron chi connectivity index (χ1n) is 7.73. The van der Waals surface area contributed by atoms with Gasteiger partial charge in [-0.05, 0) is 49.9 Å². The summed E-state index contributed by atoms with van der Waals surface area (Å²) >= 11 is 0. The van der Waals surface area contributed by atoms with Crippen molar-refractivity contribution in [3.8, 4) is 0 Å². The van der Waals surface area contributed by atoms with E-state index < -0.39 is 0 Å². The molecule has 0 aliphatic heterocycles. The van der Waals surface area contributed by atoms with Gasteiger partial charge in [-0.2, -0.15) is 0 Å². The van der Waals surface area contributed by atoms with Crippen LogP contribution in [0.25, 0.3) is 0 Å². The van der Waals surface area contributed by atoms with Gasteiger partial charge in [0.05, 0.1) is 0 Å². The van der Waals surface area contributed by atoms with Gasteiger partial charge in [0.1, 0.15) is 6.29 Å². The predicted octanol–water partition coefficient (Wildman–Crippen LogP) is 4.60. The van der Waals surface area contributed by atoms with E-state index in [2.05, 4.69) is 6.92 Å². The summed E-state index contributed by atoms with van der Waals surface area (Å²) in [6.07, 6.45) is 14.9. The second-order valence-electron chi connectivity index (χ2n) is 6.63. The average molecular weight is 236 g/mol. The molecule has 0 aromatic rings. The third kappa shape index (κ3) is 4.12. The maximum atomic E-state index is 10.7. The van der Waals surface area contributed by atoms with Gasteiger partial charge in [-0.25, -0.2) is 0 Å². The van der Waals surface area contributed by atoms with Crippen LogP contribution in [0.3, 0.4) is 0 Å². The molecule has 2 aliphatic carbocycles. The van der Waals surface area contributed by atoms with Crippen LogP contribution in [0.2, 0.25) is 0 Å². The lowest BCUT2D eigenvalue weighted by Crippen LogP contribution is -2.18. The average Bonchev–Trinajstić information content (AvgIpc) is 2.37. The zero-order valence-corrected chi connectivity index (χ0v) is 11.4. The Hall–Kier alpha value is -0.330. The molecule has 2 saturated carbocycles. The molecule has 0 N–H and O–H groups in total. The normalized spacial score (nSPS) is 38.9. The Bertz CT molecular complexity index is 228. The molecule has 2 unspecified atom stereocenters. The van der Waals surface area contributed by atoms with E-state index >= 15 is 0 Å². The lowest BCUT2D eigenvalue weighted by molar-refractivity contribution is -0.112. The number of hydrogen-bond acceptors (Lipinski definition) is 1. The first kappa shape index (κ1) is 13.1. The van der Waals surface area contributed by atoms with Crippen LogP contribution in [0, 0.1) is 23.7 Å². The Morgan fingerprint density at radius 2 is 1.65 bits per heavy atom. The van der Waals surface area contributed by atoms with Crippen molar-refractivity contribution in [3.63, 3.8) is 0 Å². The number of carbonyl (C=O) groups is 1. The van der Waals surface area contributed by atoms with Crippen molar-refractivity contribution in [3.05, 3.63) is 0 Å². The quantitative estimate of drug-likeness (QED) is 0.652. The Labute approximate surface area is 106 Å². The highest BCUT2D eigenvalue weighted by Crippen LogP contribution is 2.36. The topological polar surface area (TPSA) is 17.1 Å². The highest BCUT2D eigenvalue weighted by Gasteiger charge is 2.23. The molecule has 0 amide bonds. The monoisotopic (exact) mass is 236 g/mol. The fourth-order valence-corrected chi connectivity index (χ4v) is 3.91. The molecule has 2 fully saturated rings. The molecule has 2 atom stereocenters. The van der Waals surface area contributed by atoms with E-state index in [-0.39, 0.29) is 0 Å². The maximum Gasteiger partial charge on any atom is 0.123 e. The van der Waals surface area contributed by atoms with Crippen LogP contribution in [0.5, 0.6) is 0 Å². The van der Waals surface area contributed by atoms with Crippen molar-refractivity contribution < 1.29 is 4.79 Å². The second-order valence-corrected chi connectivity index (χ2v) is 6.63. The van der Waals surface area contributed by atoms with E-state index in [1.165, 1.54) is 57.7 Å².